The van der Waals surface area contributed by atoms with Gasteiger partial charge in [-0.3, -0.25) is 0 Å². The molecule has 0 fully saturated rings. The van der Waals surface area contributed by atoms with E-state index in [4.69, 9.17) is 22.1 Å². The zero-order chi connectivity index (χ0) is 13.4. The Hall–Kier alpha value is -1.51. The van der Waals surface area contributed by atoms with Gasteiger partial charge in [0.15, 0.2) is 0 Å². The molecule has 2 nitrogen and oxygen atoms in total. The molecule has 2 aromatic carbocycles. The average Bonchev–Trinajstić information content (AvgIpc) is 2.40. The second-order valence-corrected chi connectivity index (χ2v) is 5.42. The van der Waals surface area contributed by atoms with Gasteiger partial charge in [0.2, 0.25) is 0 Å². The normalized spacial score (nSPS) is 21.6. The van der Waals surface area contributed by atoms with Crippen LogP contribution in [-0.2, 0) is 0 Å². The first-order chi connectivity index (χ1) is 9.15. The zero-order valence-corrected chi connectivity index (χ0v) is 11.5. The summed E-state index contributed by atoms with van der Waals surface area (Å²) in [5.41, 5.74) is 9.69. The number of halogens is 1. The third kappa shape index (κ3) is 2.34. The minimum absolute atomic E-state index is 0.0184. The smallest absolute Gasteiger partial charge is 0.126 e. The van der Waals surface area contributed by atoms with Crippen LogP contribution in [0.2, 0.25) is 5.02 Å². The summed E-state index contributed by atoms with van der Waals surface area (Å²) in [6.07, 6.45) is 0.794. The van der Waals surface area contributed by atoms with Crippen LogP contribution in [0.15, 0.2) is 42.5 Å². The van der Waals surface area contributed by atoms with Crippen LogP contribution in [0.3, 0.4) is 0 Å². The molecule has 0 aliphatic carbocycles. The number of nitrogens with two attached hydrogens (primary N) is 1. The summed E-state index contributed by atoms with van der Waals surface area (Å²) < 4.78 is 6.09. The fourth-order valence-electron chi connectivity index (χ4n) is 2.61. The maximum absolute atomic E-state index is 6.25. The molecular weight excluding hydrogens is 258 g/mol. The summed E-state index contributed by atoms with van der Waals surface area (Å²) in [6.45, 7) is 2.10. The first kappa shape index (κ1) is 12.5. The molecule has 0 bridgehead atoms. The summed E-state index contributed by atoms with van der Waals surface area (Å²) in [4.78, 5) is 0. The predicted octanol–water partition coefficient (Wildman–Crippen LogP) is 4.17. The van der Waals surface area contributed by atoms with Crippen molar-refractivity contribution >= 4 is 11.6 Å². The molecule has 1 aliphatic rings. The Morgan fingerprint density at radius 2 is 1.95 bits per heavy atom. The Morgan fingerprint density at radius 1 is 1.16 bits per heavy atom. The Bertz CT molecular complexity index is 611. The first-order valence-corrected chi connectivity index (χ1v) is 6.80. The van der Waals surface area contributed by atoms with Gasteiger partial charge in [0.25, 0.3) is 0 Å². The molecule has 1 heterocycles. The molecule has 2 N–H and O–H groups in total. The van der Waals surface area contributed by atoms with Crippen molar-refractivity contribution in [2.45, 2.75) is 25.5 Å². The van der Waals surface area contributed by atoms with Crippen molar-refractivity contribution in [3.8, 4) is 5.75 Å². The molecule has 2 aromatic rings. The van der Waals surface area contributed by atoms with Gasteiger partial charge in [0.05, 0.1) is 0 Å². The van der Waals surface area contributed by atoms with Gasteiger partial charge in [-0.05, 0) is 36.2 Å². The molecule has 2 atom stereocenters. The van der Waals surface area contributed by atoms with Crippen LogP contribution in [0, 0.1) is 6.92 Å². The highest BCUT2D eigenvalue weighted by atomic mass is 35.5. The average molecular weight is 274 g/mol. The van der Waals surface area contributed by atoms with Crippen molar-refractivity contribution in [2.24, 2.45) is 5.73 Å². The molecule has 98 valence electrons. The topological polar surface area (TPSA) is 35.2 Å². The standard InChI is InChI=1S/C16H16ClNO/c1-10-4-2-3-5-12(10)16-9-14(18)13-8-11(17)6-7-15(13)19-16/h2-8,14,16H,9,18H2,1H3/t14-,16?/m0/s1. The molecule has 0 aromatic heterocycles. The molecule has 3 heteroatoms. The van der Waals surface area contributed by atoms with Crippen LogP contribution < -0.4 is 10.5 Å². The van der Waals surface area contributed by atoms with Crippen molar-refractivity contribution in [1.82, 2.24) is 0 Å². The first-order valence-electron chi connectivity index (χ1n) is 6.42. The Morgan fingerprint density at radius 3 is 2.74 bits per heavy atom. The maximum atomic E-state index is 6.25. The lowest BCUT2D eigenvalue weighted by Crippen LogP contribution is -2.24. The minimum atomic E-state index is -0.0351. The second kappa shape index (κ2) is 4.87. The van der Waals surface area contributed by atoms with Gasteiger partial charge in [0.1, 0.15) is 11.9 Å². The monoisotopic (exact) mass is 273 g/mol. The third-order valence-electron chi connectivity index (χ3n) is 3.64. The molecule has 1 unspecified atom stereocenters. The molecule has 0 radical (unpaired) electrons. The van der Waals surface area contributed by atoms with Crippen molar-refractivity contribution in [1.29, 1.82) is 0 Å². The summed E-state index contributed by atoms with van der Waals surface area (Å²) >= 11 is 6.01. The van der Waals surface area contributed by atoms with Crippen molar-refractivity contribution in [2.75, 3.05) is 0 Å². The van der Waals surface area contributed by atoms with Crippen LogP contribution in [0.5, 0.6) is 5.75 Å². The largest absolute Gasteiger partial charge is 0.485 e. The minimum Gasteiger partial charge on any atom is -0.485 e. The van der Waals surface area contributed by atoms with Gasteiger partial charge in [-0.2, -0.15) is 0 Å². The Kier molecular flexibility index (Phi) is 3.21. The van der Waals surface area contributed by atoms with E-state index in [1.165, 1.54) is 11.1 Å². The number of rotatable bonds is 1. The highest BCUT2D eigenvalue weighted by Crippen LogP contribution is 2.41. The van der Waals surface area contributed by atoms with E-state index in [0.29, 0.717) is 5.02 Å². The molecule has 0 amide bonds. The fourth-order valence-corrected chi connectivity index (χ4v) is 2.79. The van der Waals surface area contributed by atoms with E-state index in [1.807, 2.05) is 30.3 Å². The zero-order valence-electron chi connectivity index (χ0n) is 10.8. The molecule has 0 spiro atoms. The van der Waals surface area contributed by atoms with Gasteiger partial charge in [0, 0.05) is 23.0 Å². The number of fused-ring (bicyclic) bond motifs is 1. The van der Waals surface area contributed by atoms with Gasteiger partial charge < -0.3 is 10.5 Å². The quantitative estimate of drug-likeness (QED) is 0.846. The highest BCUT2D eigenvalue weighted by molar-refractivity contribution is 6.30. The number of hydrogen-bond acceptors (Lipinski definition) is 2. The van der Waals surface area contributed by atoms with Crippen LogP contribution in [0.25, 0.3) is 0 Å². The van der Waals surface area contributed by atoms with Crippen LogP contribution in [0.1, 0.15) is 35.3 Å². The SMILES string of the molecule is Cc1ccccc1C1C[C@H](N)c2cc(Cl)ccc2O1. The molecule has 1 aliphatic heterocycles. The molecular formula is C16H16ClNO. The predicted molar refractivity (Wildman–Crippen MR) is 77.5 cm³/mol. The number of hydrogen-bond donors (Lipinski definition) is 1. The van der Waals surface area contributed by atoms with Crippen LogP contribution in [-0.4, -0.2) is 0 Å². The lowest BCUT2D eigenvalue weighted by Gasteiger charge is -2.31. The van der Waals surface area contributed by atoms with E-state index in [1.54, 1.807) is 0 Å². The molecule has 3 rings (SSSR count). The second-order valence-electron chi connectivity index (χ2n) is 4.99. The van der Waals surface area contributed by atoms with E-state index in [0.717, 1.165) is 17.7 Å². The van der Waals surface area contributed by atoms with Crippen molar-refractivity contribution in [3.05, 3.63) is 64.2 Å². The van der Waals surface area contributed by atoms with Crippen LogP contribution in [0.4, 0.5) is 0 Å². The summed E-state index contributed by atoms with van der Waals surface area (Å²) in [7, 11) is 0. The molecule has 0 saturated carbocycles. The number of aryl methyl sites for hydroxylation is 1. The van der Waals surface area contributed by atoms with Gasteiger partial charge in [-0.15, -0.1) is 0 Å². The lowest BCUT2D eigenvalue weighted by atomic mass is 9.92. The molecule has 19 heavy (non-hydrogen) atoms. The number of ether oxygens (including phenoxy) is 1. The van der Waals surface area contributed by atoms with E-state index < -0.39 is 0 Å². The fraction of sp³-hybridized carbons (Fsp3) is 0.250. The van der Waals surface area contributed by atoms with Gasteiger partial charge in [-0.1, -0.05) is 35.9 Å². The maximum Gasteiger partial charge on any atom is 0.126 e. The van der Waals surface area contributed by atoms with Crippen LogP contribution >= 0.6 is 11.6 Å². The molecule has 0 saturated heterocycles. The summed E-state index contributed by atoms with van der Waals surface area (Å²) in [5, 5.41) is 0.701. The Balaban J connectivity index is 1.97. The van der Waals surface area contributed by atoms with E-state index in [2.05, 4.69) is 19.1 Å². The summed E-state index contributed by atoms with van der Waals surface area (Å²) in [5.74, 6) is 0.844. The van der Waals surface area contributed by atoms with Gasteiger partial charge in [-0.25, -0.2) is 0 Å². The van der Waals surface area contributed by atoms with E-state index in [-0.39, 0.29) is 12.1 Å². The van der Waals surface area contributed by atoms with Crippen molar-refractivity contribution in [3.63, 3.8) is 0 Å². The Labute approximate surface area is 118 Å². The van der Waals surface area contributed by atoms with Gasteiger partial charge >= 0.3 is 0 Å². The number of benzene rings is 2. The lowest BCUT2D eigenvalue weighted by molar-refractivity contribution is 0.161. The highest BCUT2D eigenvalue weighted by Gasteiger charge is 2.27. The summed E-state index contributed by atoms with van der Waals surface area (Å²) in [6, 6.07) is 13.9. The van der Waals surface area contributed by atoms with E-state index >= 15 is 0 Å². The third-order valence-corrected chi connectivity index (χ3v) is 3.88. The van der Waals surface area contributed by atoms with Crippen molar-refractivity contribution < 1.29 is 4.74 Å². The van der Waals surface area contributed by atoms with E-state index in [9.17, 15) is 0 Å².